The van der Waals surface area contributed by atoms with Crippen molar-refractivity contribution in [3.8, 4) is 5.75 Å². The molecule has 0 saturated carbocycles. The van der Waals surface area contributed by atoms with Crippen LogP contribution >= 0.6 is 0 Å². The van der Waals surface area contributed by atoms with Crippen molar-refractivity contribution in [1.82, 2.24) is 10.2 Å². The number of urea groups is 1. The predicted octanol–water partition coefficient (Wildman–Crippen LogP) is 4.65. The zero-order valence-electron chi connectivity index (χ0n) is 18.7. The third-order valence-corrected chi connectivity index (χ3v) is 6.00. The van der Waals surface area contributed by atoms with Crippen molar-refractivity contribution >= 4 is 17.6 Å². The predicted molar refractivity (Wildman–Crippen MR) is 129 cm³/mol. The molecule has 1 aliphatic heterocycles. The normalized spacial score (nSPS) is 17.8. The van der Waals surface area contributed by atoms with Gasteiger partial charge < -0.3 is 20.3 Å². The number of methoxy groups -OCH3 is 1. The van der Waals surface area contributed by atoms with Crippen molar-refractivity contribution in [2.45, 2.75) is 18.9 Å². The van der Waals surface area contributed by atoms with Gasteiger partial charge >= 0.3 is 6.03 Å². The molecule has 2 unspecified atom stereocenters. The molecular weight excluding hydrogens is 414 g/mol. The van der Waals surface area contributed by atoms with Gasteiger partial charge in [0, 0.05) is 37.3 Å². The topological polar surface area (TPSA) is 70.7 Å². The molecule has 3 amide bonds. The molecule has 6 heteroatoms. The lowest BCUT2D eigenvalue weighted by atomic mass is 9.84. The standard InChI is InChI=1S/C27H29N3O3/c1-33-25-14-8-13-24(16-25)29-26(31)23-15-22(21-11-6-3-7-12-21)18-30(19-23)27(32)28-17-20-9-4-2-5-10-20/h2-14,16,22-23H,15,17-19H2,1H3,(H,28,32)(H,29,31). The Morgan fingerprint density at radius 1 is 0.939 bits per heavy atom. The van der Waals surface area contributed by atoms with Crippen LogP contribution in [0.15, 0.2) is 84.9 Å². The van der Waals surface area contributed by atoms with Gasteiger partial charge in [-0.2, -0.15) is 0 Å². The zero-order valence-corrected chi connectivity index (χ0v) is 18.7. The molecule has 6 nitrogen and oxygen atoms in total. The van der Waals surface area contributed by atoms with E-state index in [2.05, 4.69) is 22.8 Å². The lowest BCUT2D eigenvalue weighted by molar-refractivity contribution is -0.121. The molecule has 0 aliphatic carbocycles. The Labute approximate surface area is 194 Å². The fraction of sp³-hybridized carbons (Fsp3) is 0.259. The summed E-state index contributed by atoms with van der Waals surface area (Å²) in [4.78, 5) is 28.0. The highest BCUT2D eigenvalue weighted by molar-refractivity contribution is 5.93. The number of nitrogens with one attached hydrogen (secondary N) is 2. The Kier molecular flexibility index (Phi) is 7.25. The van der Waals surface area contributed by atoms with Crippen molar-refractivity contribution in [3.63, 3.8) is 0 Å². The van der Waals surface area contributed by atoms with Crippen LogP contribution in [0.25, 0.3) is 0 Å². The maximum Gasteiger partial charge on any atom is 0.317 e. The molecule has 4 rings (SSSR count). The number of hydrogen-bond acceptors (Lipinski definition) is 3. The molecule has 1 saturated heterocycles. The highest BCUT2D eigenvalue weighted by Gasteiger charge is 2.34. The van der Waals surface area contributed by atoms with Crippen LogP contribution in [0.4, 0.5) is 10.5 Å². The average Bonchev–Trinajstić information content (AvgIpc) is 2.88. The van der Waals surface area contributed by atoms with E-state index >= 15 is 0 Å². The number of benzene rings is 3. The molecular formula is C27H29N3O3. The first-order valence-corrected chi connectivity index (χ1v) is 11.2. The third-order valence-electron chi connectivity index (χ3n) is 6.00. The number of rotatable bonds is 6. The van der Waals surface area contributed by atoms with Crippen LogP contribution in [-0.4, -0.2) is 37.0 Å². The van der Waals surface area contributed by atoms with Crippen LogP contribution in [0.3, 0.4) is 0 Å². The van der Waals surface area contributed by atoms with Crippen LogP contribution in [0.5, 0.6) is 5.75 Å². The summed E-state index contributed by atoms with van der Waals surface area (Å²) in [5.41, 5.74) is 2.85. The average molecular weight is 444 g/mol. The second-order valence-corrected chi connectivity index (χ2v) is 8.31. The van der Waals surface area contributed by atoms with Crippen molar-refractivity contribution in [2.75, 3.05) is 25.5 Å². The maximum absolute atomic E-state index is 13.2. The second kappa shape index (κ2) is 10.7. The molecule has 0 bridgehead atoms. The number of anilines is 1. The Hall–Kier alpha value is -3.80. The molecule has 0 spiro atoms. The maximum atomic E-state index is 13.2. The molecule has 1 heterocycles. The van der Waals surface area contributed by atoms with Gasteiger partial charge in [0.25, 0.3) is 0 Å². The zero-order chi connectivity index (χ0) is 23.0. The summed E-state index contributed by atoms with van der Waals surface area (Å²) in [6.07, 6.45) is 0.683. The van der Waals surface area contributed by atoms with Crippen LogP contribution in [-0.2, 0) is 11.3 Å². The van der Waals surface area contributed by atoms with E-state index in [9.17, 15) is 9.59 Å². The second-order valence-electron chi connectivity index (χ2n) is 8.31. The SMILES string of the molecule is COc1cccc(NC(=O)C2CC(c3ccccc3)CN(C(=O)NCc3ccccc3)C2)c1. The summed E-state index contributed by atoms with van der Waals surface area (Å²) in [5, 5.41) is 6.00. The Bertz CT molecular complexity index is 1070. The highest BCUT2D eigenvalue weighted by atomic mass is 16.5. The molecule has 0 aromatic heterocycles. The molecule has 2 atom stereocenters. The smallest absolute Gasteiger partial charge is 0.317 e. The van der Waals surface area contributed by atoms with Gasteiger partial charge in [-0.25, -0.2) is 4.79 Å². The van der Waals surface area contributed by atoms with E-state index < -0.39 is 0 Å². The summed E-state index contributed by atoms with van der Waals surface area (Å²) < 4.78 is 5.26. The number of ether oxygens (including phenoxy) is 1. The van der Waals surface area contributed by atoms with Gasteiger partial charge in [0.15, 0.2) is 0 Å². The number of carbonyl (C=O) groups is 2. The van der Waals surface area contributed by atoms with Crippen molar-refractivity contribution in [1.29, 1.82) is 0 Å². The molecule has 2 N–H and O–H groups in total. The minimum absolute atomic E-state index is 0.0866. The summed E-state index contributed by atoms with van der Waals surface area (Å²) in [6.45, 7) is 1.40. The molecule has 33 heavy (non-hydrogen) atoms. The quantitative estimate of drug-likeness (QED) is 0.583. The monoisotopic (exact) mass is 443 g/mol. The first-order valence-electron chi connectivity index (χ1n) is 11.2. The fourth-order valence-corrected chi connectivity index (χ4v) is 4.25. The number of amides is 3. The van der Waals surface area contributed by atoms with Gasteiger partial charge in [0.1, 0.15) is 5.75 Å². The van der Waals surface area contributed by atoms with Gasteiger partial charge in [0.05, 0.1) is 13.0 Å². The van der Waals surface area contributed by atoms with Crippen LogP contribution in [0.2, 0.25) is 0 Å². The van der Waals surface area contributed by atoms with Crippen LogP contribution < -0.4 is 15.4 Å². The van der Waals surface area contributed by atoms with E-state index in [0.29, 0.717) is 37.5 Å². The largest absolute Gasteiger partial charge is 0.497 e. The summed E-state index contributed by atoms with van der Waals surface area (Å²) in [7, 11) is 1.60. The number of hydrogen-bond donors (Lipinski definition) is 2. The van der Waals surface area contributed by atoms with Gasteiger partial charge in [0.2, 0.25) is 5.91 Å². The van der Waals surface area contributed by atoms with Gasteiger partial charge in [-0.1, -0.05) is 66.7 Å². The Morgan fingerprint density at radius 3 is 2.39 bits per heavy atom. The van der Waals surface area contributed by atoms with Crippen molar-refractivity contribution in [2.24, 2.45) is 5.92 Å². The van der Waals surface area contributed by atoms with Gasteiger partial charge in [-0.15, -0.1) is 0 Å². The number of nitrogens with zero attached hydrogens (tertiary/aromatic N) is 1. The first kappa shape index (κ1) is 22.4. The summed E-state index contributed by atoms with van der Waals surface area (Å²) >= 11 is 0. The van der Waals surface area contributed by atoms with Crippen molar-refractivity contribution < 1.29 is 14.3 Å². The van der Waals surface area contributed by atoms with E-state index in [4.69, 9.17) is 4.74 Å². The molecule has 0 radical (unpaired) electrons. The van der Waals surface area contributed by atoms with E-state index in [1.807, 2.05) is 66.7 Å². The number of likely N-dealkylation sites (tertiary alicyclic amines) is 1. The van der Waals surface area contributed by atoms with Crippen LogP contribution in [0, 0.1) is 5.92 Å². The lowest BCUT2D eigenvalue weighted by Crippen LogP contribution is -2.50. The van der Waals surface area contributed by atoms with Gasteiger partial charge in [-0.05, 0) is 29.7 Å². The van der Waals surface area contributed by atoms with Crippen molar-refractivity contribution in [3.05, 3.63) is 96.1 Å². The van der Waals surface area contributed by atoms with E-state index in [0.717, 1.165) is 11.1 Å². The molecule has 3 aromatic rings. The third kappa shape index (κ3) is 5.92. The van der Waals surface area contributed by atoms with E-state index in [1.54, 1.807) is 18.1 Å². The van der Waals surface area contributed by atoms with E-state index in [-0.39, 0.29) is 23.8 Å². The molecule has 170 valence electrons. The molecule has 1 fully saturated rings. The van der Waals surface area contributed by atoms with E-state index in [1.165, 1.54) is 0 Å². The molecule has 1 aliphatic rings. The number of carbonyl (C=O) groups excluding carboxylic acids is 2. The minimum Gasteiger partial charge on any atom is -0.497 e. The lowest BCUT2D eigenvalue weighted by Gasteiger charge is -2.37. The summed E-state index contributed by atoms with van der Waals surface area (Å²) in [6, 6.07) is 27.0. The van der Waals surface area contributed by atoms with Crippen LogP contribution in [0.1, 0.15) is 23.5 Å². The first-order chi connectivity index (χ1) is 16.1. The molecule has 3 aromatic carbocycles. The minimum atomic E-state index is -0.322. The highest BCUT2D eigenvalue weighted by Crippen LogP contribution is 2.31. The Morgan fingerprint density at radius 2 is 1.67 bits per heavy atom. The van der Waals surface area contributed by atoms with Gasteiger partial charge in [-0.3, -0.25) is 4.79 Å². The Balaban J connectivity index is 1.48. The fourth-order valence-electron chi connectivity index (χ4n) is 4.25. The summed E-state index contributed by atoms with van der Waals surface area (Å²) in [5.74, 6) is 0.353. The number of piperidine rings is 1.